The SMILES string of the molecule is CCC(C)CS(=O)(=O)Cc1ccc(CN)cc1C. The molecule has 2 N–H and O–H groups in total. The van der Waals surface area contributed by atoms with Crippen molar-refractivity contribution in [3.63, 3.8) is 0 Å². The van der Waals surface area contributed by atoms with E-state index in [1.54, 1.807) is 0 Å². The maximum Gasteiger partial charge on any atom is 0.154 e. The van der Waals surface area contributed by atoms with Crippen molar-refractivity contribution in [2.24, 2.45) is 11.7 Å². The van der Waals surface area contributed by atoms with E-state index in [9.17, 15) is 8.42 Å². The fraction of sp³-hybridized carbons (Fsp3) is 0.571. The lowest BCUT2D eigenvalue weighted by atomic mass is 10.1. The molecule has 1 aromatic rings. The van der Waals surface area contributed by atoms with Gasteiger partial charge in [0, 0.05) is 6.54 Å². The molecule has 0 saturated heterocycles. The molecule has 4 heteroatoms. The van der Waals surface area contributed by atoms with Crippen LogP contribution < -0.4 is 5.73 Å². The van der Waals surface area contributed by atoms with Gasteiger partial charge in [-0.3, -0.25) is 0 Å². The minimum Gasteiger partial charge on any atom is -0.326 e. The van der Waals surface area contributed by atoms with Crippen molar-refractivity contribution in [3.05, 3.63) is 34.9 Å². The number of rotatable bonds is 6. The van der Waals surface area contributed by atoms with Gasteiger partial charge >= 0.3 is 0 Å². The Kier molecular flexibility index (Phi) is 5.35. The van der Waals surface area contributed by atoms with Gasteiger partial charge in [-0.25, -0.2) is 8.42 Å². The maximum atomic E-state index is 12.1. The Bertz CT molecular complexity index is 495. The van der Waals surface area contributed by atoms with Crippen molar-refractivity contribution in [1.29, 1.82) is 0 Å². The van der Waals surface area contributed by atoms with Crippen LogP contribution in [0.15, 0.2) is 18.2 Å². The molecule has 0 radical (unpaired) electrons. The fourth-order valence-electron chi connectivity index (χ4n) is 1.89. The van der Waals surface area contributed by atoms with Gasteiger partial charge in [0.25, 0.3) is 0 Å². The normalized spacial score (nSPS) is 13.6. The lowest BCUT2D eigenvalue weighted by Crippen LogP contribution is -2.16. The molecule has 0 fully saturated rings. The molecule has 0 saturated carbocycles. The van der Waals surface area contributed by atoms with Gasteiger partial charge in [-0.05, 0) is 29.5 Å². The molecule has 102 valence electrons. The largest absolute Gasteiger partial charge is 0.326 e. The summed E-state index contributed by atoms with van der Waals surface area (Å²) in [5.41, 5.74) is 8.49. The number of hydrogen-bond acceptors (Lipinski definition) is 3. The second kappa shape index (κ2) is 6.34. The van der Waals surface area contributed by atoms with Crippen molar-refractivity contribution in [3.8, 4) is 0 Å². The monoisotopic (exact) mass is 269 g/mol. The van der Waals surface area contributed by atoms with Crippen LogP contribution in [0.1, 0.15) is 37.0 Å². The summed E-state index contributed by atoms with van der Waals surface area (Å²) in [7, 11) is -3.02. The van der Waals surface area contributed by atoms with Gasteiger partial charge in [-0.2, -0.15) is 0 Å². The molecule has 0 aliphatic rings. The highest BCUT2D eigenvalue weighted by molar-refractivity contribution is 7.90. The smallest absolute Gasteiger partial charge is 0.154 e. The number of nitrogens with two attached hydrogens (primary N) is 1. The molecule has 0 bridgehead atoms. The molecule has 0 aliphatic heterocycles. The Morgan fingerprint density at radius 2 is 2.00 bits per heavy atom. The van der Waals surface area contributed by atoms with Crippen LogP contribution in [-0.4, -0.2) is 14.2 Å². The van der Waals surface area contributed by atoms with E-state index in [-0.39, 0.29) is 17.4 Å². The van der Waals surface area contributed by atoms with E-state index in [2.05, 4.69) is 0 Å². The summed E-state index contributed by atoms with van der Waals surface area (Å²) < 4.78 is 24.1. The summed E-state index contributed by atoms with van der Waals surface area (Å²) in [6, 6.07) is 5.75. The van der Waals surface area contributed by atoms with Crippen LogP contribution in [0, 0.1) is 12.8 Å². The Morgan fingerprint density at radius 1 is 1.33 bits per heavy atom. The summed E-state index contributed by atoms with van der Waals surface area (Å²) >= 11 is 0. The summed E-state index contributed by atoms with van der Waals surface area (Å²) in [5, 5.41) is 0. The average molecular weight is 269 g/mol. The molecule has 0 heterocycles. The predicted molar refractivity (Wildman–Crippen MR) is 76.0 cm³/mol. The van der Waals surface area contributed by atoms with Crippen LogP contribution in [0.4, 0.5) is 0 Å². The second-order valence-electron chi connectivity index (χ2n) is 5.03. The highest BCUT2D eigenvalue weighted by Crippen LogP contribution is 2.16. The Morgan fingerprint density at radius 3 is 2.50 bits per heavy atom. The van der Waals surface area contributed by atoms with Crippen LogP contribution in [-0.2, 0) is 22.1 Å². The zero-order chi connectivity index (χ0) is 13.8. The van der Waals surface area contributed by atoms with Gasteiger partial charge in [-0.15, -0.1) is 0 Å². The molecule has 18 heavy (non-hydrogen) atoms. The molecule has 1 aromatic carbocycles. The third-order valence-corrected chi connectivity index (χ3v) is 5.08. The van der Waals surface area contributed by atoms with Crippen molar-refractivity contribution in [2.75, 3.05) is 5.75 Å². The predicted octanol–water partition coefficient (Wildman–Crippen LogP) is 2.41. The van der Waals surface area contributed by atoms with Crippen LogP contribution >= 0.6 is 0 Å². The van der Waals surface area contributed by atoms with E-state index < -0.39 is 9.84 Å². The molecule has 1 unspecified atom stereocenters. The van der Waals surface area contributed by atoms with Gasteiger partial charge in [0.05, 0.1) is 11.5 Å². The van der Waals surface area contributed by atoms with Gasteiger partial charge in [0.1, 0.15) is 0 Å². The van der Waals surface area contributed by atoms with Crippen molar-refractivity contribution < 1.29 is 8.42 Å². The molecule has 0 aliphatic carbocycles. The minimum atomic E-state index is -3.02. The first-order valence-electron chi connectivity index (χ1n) is 6.37. The number of sulfone groups is 1. The van der Waals surface area contributed by atoms with E-state index in [1.165, 1.54) is 0 Å². The molecule has 1 rings (SSSR count). The van der Waals surface area contributed by atoms with E-state index in [0.29, 0.717) is 6.54 Å². The second-order valence-corrected chi connectivity index (χ2v) is 7.14. The Labute approximate surface area is 110 Å². The summed E-state index contributed by atoms with van der Waals surface area (Å²) in [6.45, 7) is 6.41. The summed E-state index contributed by atoms with van der Waals surface area (Å²) in [6.07, 6.45) is 0.893. The maximum absolute atomic E-state index is 12.1. The quantitative estimate of drug-likeness (QED) is 0.862. The standard InChI is InChI=1S/C14H23NO2S/c1-4-11(2)9-18(16,17)10-14-6-5-13(8-15)7-12(14)3/h5-7,11H,4,8-10,15H2,1-3H3. The lowest BCUT2D eigenvalue weighted by Gasteiger charge is -2.11. The molecular formula is C14H23NO2S. The first-order valence-corrected chi connectivity index (χ1v) is 8.19. The van der Waals surface area contributed by atoms with Gasteiger partial charge in [0.15, 0.2) is 9.84 Å². The van der Waals surface area contributed by atoms with Crippen LogP contribution in [0.5, 0.6) is 0 Å². The number of benzene rings is 1. The van der Waals surface area contributed by atoms with Gasteiger partial charge in [0.2, 0.25) is 0 Å². The fourth-order valence-corrected chi connectivity index (χ4v) is 3.91. The summed E-state index contributed by atoms with van der Waals surface area (Å²) in [5.74, 6) is 0.619. The Balaban J connectivity index is 2.84. The highest BCUT2D eigenvalue weighted by Gasteiger charge is 2.16. The van der Waals surface area contributed by atoms with Crippen molar-refractivity contribution >= 4 is 9.84 Å². The minimum absolute atomic E-state index is 0.133. The van der Waals surface area contributed by atoms with E-state index in [1.807, 2.05) is 39.0 Å². The third-order valence-electron chi connectivity index (χ3n) is 3.25. The molecule has 0 amide bonds. The van der Waals surface area contributed by atoms with Gasteiger partial charge in [-0.1, -0.05) is 38.5 Å². The average Bonchev–Trinajstić information content (AvgIpc) is 2.30. The van der Waals surface area contributed by atoms with E-state index in [0.717, 1.165) is 23.1 Å². The first-order chi connectivity index (χ1) is 8.38. The van der Waals surface area contributed by atoms with Crippen LogP contribution in [0.3, 0.4) is 0 Å². The topological polar surface area (TPSA) is 60.2 Å². The zero-order valence-electron chi connectivity index (χ0n) is 11.4. The van der Waals surface area contributed by atoms with Crippen molar-refractivity contribution in [2.45, 2.75) is 39.5 Å². The van der Waals surface area contributed by atoms with Crippen LogP contribution in [0.2, 0.25) is 0 Å². The van der Waals surface area contributed by atoms with Crippen LogP contribution in [0.25, 0.3) is 0 Å². The molecule has 3 nitrogen and oxygen atoms in total. The molecule has 0 spiro atoms. The van der Waals surface area contributed by atoms with Gasteiger partial charge < -0.3 is 5.73 Å². The number of aryl methyl sites for hydroxylation is 1. The molecule has 0 aromatic heterocycles. The zero-order valence-corrected chi connectivity index (χ0v) is 12.3. The van der Waals surface area contributed by atoms with E-state index >= 15 is 0 Å². The summed E-state index contributed by atoms with van der Waals surface area (Å²) in [4.78, 5) is 0. The molecular weight excluding hydrogens is 246 g/mol. The Hall–Kier alpha value is -0.870. The third kappa shape index (κ3) is 4.42. The van der Waals surface area contributed by atoms with Crippen molar-refractivity contribution in [1.82, 2.24) is 0 Å². The lowest BCUT2D eigenvalue weighted by molar-refractivity contribution is 0.563. The molecule has 1 atom stereocenters. The van der Waals surface area contributed by atoms with E-state index in [4.69, 9.17) is 5.73 Å². The highest BCUT2D eigenvalue weighted by atomic mass is 32.2. The first kappa shape index (κ1) is 15.2. The number of hydrogen-bond donors (Lipinski definition) is 1.